The molecule has 3 aromatic rings. The van der Waals surface area contributed by atoms with Crippen molar-refractivity contribution in [3.05, 3.63) is 54.7 Å². The zero-order chi connectivity index (χ0) is 22.1. The number of rotatable bonds is 6. The minimum Gasteiger partial charge on any atom is -0.471 e. The van der Waals surface area contributed by atoms with E-state index in [1.165, 1.54) is 28.3 Å². The number of cyclic esters (lactones) is 2. The number of halogens is 1. The molecule has 4 heterocycles. The van der Waals surface area contributed by atoms with Crippen molar-refractivity contribution in [3.8, 4) is 17.0 Å². The monoisotopic (exact) mass is 440 g/mol. The van der Waals surface area contributed by atoms with E-state index in [1.807, 2.05) is 0 Å². The maximum Gasteiger partial charge on any atom is 0.415 e. The number of benzene rings is 1. The van der Waals surface area contributed by atoms with Crippen LogP contribution in [0.4, 0.5) is 25.5 Å². The molecule has 0 spiro atoms. The maximum absolute atomic E-state index is 14.9. The zero-order valence-electron chi connectivity index (χ0n) is 16.6. The summed E-state index contributed by atoms with van der Waals surface area (Å²) in [5.41, 5.74) is 1.22. The zero-order valence-corrected chi connectivity index (χ0v) is 16.6. The molecule has 11 heteroatoms. The minimum atomic E-state index is -0.588. The number of carbonyl (C=O) groups is 2. The number of nitrogens with zero attached hydrogens (tertiary/aromatic N) is 4. The van der Waals surface area contributed by atoms with Crippen LogP contribution in [0.25, 0.3) is 11.1 Å². The van der Waals surface area contributed by atoms with E-state index in [-0.39, 0.29) is 19.0 Å². The molecule has 2 fully saturated rings. The van der Waals surface area contributed by atoms with Gasteiger partial charge in [0.25, 0.3) is 5.88 Å². The molecule has 0 radical (unpaired) electrons. The van der Waals surface area contributed by atoms with E-state index in [4.69, 9.17) is 14.2 Å². The van der Waals surface area contributed by atoms with Crippen LogP contribution < -0.4 is 14.5 Å². The highest BCUT2D eigenvalue weighted by molar-refractivity contribution is 5.90. The van der Waals surface area contributed by atoms with E-state index in [1.54, 1.807) is 30.3 Å². The fourth-order valence-corrected chi connectivity index (χ4v) is 3.49. The van der Waals surface area contributed by atoms with Crippen LogP contribution in [-0.2, 0) is 9.47 Å². The summed E-state index contributed by atoms with van der Waals surface area (Å²) >= 11 is 0. The van der Waals surface area contributed by atoms with Gasteiger partial charge in [-0.05, 0) is 35.5 Å². The van der Waals surface area contributed by atoms with Gasteiger partial charge in [-0.2, -0.15) is 0 Å². The van der Waals surface area contributed by atoms with Crippen LogP contribution in [0, 0.1) is 5.82 Å². The van der Waals surface area contributed by atoms with Crippen LogP contribution >= 0.6 is 0 Å². The third-order valence-corrected chi connectivity index (χ3v) is 5.07. The molecule has 164 valence electrons. The average molecular weight is 440 g/mol. The molecule has 0 unspecified atom stereocenters. The molecule has 2 amide bonds. The quantitative estimate of drug-likeness (QED) is 0.575. The Kier molecular flexibility index (Phi) is 5.06. The SMILES string of the molecule is O=C1O[C@@H](COc2ccon2)CN1c1ccc(-c2ccc(N3CCOC3=O)nc2)c(F)c1. The molecule has 10 nitrogen and oxygen atoms in total. The van der Waals surface area contributed by atoms with E-state index < -0.39 is 24.1 Å². The summed E-state index contributed by atoms with van der Waals surface area (Å²) in [6.45, 7) is 1.03. The Morgan fingerprint density at radius 3 is 2.72 bits per heavy atom. The van der Waals surface area contributed by atoms with Crippen molar-refractivity contribution < 1.29 is 32.7 Å². The van der Waals surface area contributed by atoms with Gasteiger partial charge in [-0.15, -0.1) is 0 Å². The lowest BCUT2D eigenvalue weighted by Gasteiger charge is -2.15. The standard InChI is InChI=1S/C21H17FN4O6/c22-17-9-14(26-11-15(32-21(26)28)12-30-19-5-7-31-24-19)2-3-16(17)13-1-4-18(23-10-13)25-6-8-29-20(25)27/h1-5,7,9-10,15H,6,8,11-12H2/t15-/m1/s1. The highest BCUT2D eigenvalue weighted by Gasteiger charge is 2.33. The first-order valence-corrected chi connectivity index (χ1v) is 9.80. The van der Waals surface area contributed by atoms with Gasteiger partial charge in [0.15, 0.2) is 6.10 Å². The number of anilines is 2. The Hall–Kier alpha value is -4.15. The summed E-state index contributed by atoms with van der Waals surface area (Å²) in [4.78, 5) is 30.9. The van der Waals surface area contributed by atoms with Gasteiger partial charge in [-0.1, -0.05) is 0 Å². The van der Waals surface area contributed by atoms with Crippen molar-refractivity contribution in [2.75, 3.05) is 36.1 Å². The van der Waals surface area contributed by atoms with Gasteiger partial charge in [-0.25, -0.2) is 19.0 Å². The fourth-order valence-electron chi connectivity index (χ4n) is 3.49. The molecule has 2 aromatic heterocycles. The molecule has 5 rings (SSSR count). The number of carbonyl (C=O) groups excluding carboxylic acids is 2. The van der Waals surface area contributed by atoms with Gasteiger partial charge >= 0.3 is 12.2 Å². The van der Waals surface area contributed by atoms with Crippen LogP contribution in [0.15, 0.2) is 53.4 Å². The van der Waals surface area contributed by atoms with E-state index in [2.05, 4.69) is 14.7 Å². The predicted molar refractivity (Wildman–Crippen MR) is 108 cm³/mol. The number of hydrogen-bond donors (Lipinski definition) is 0. The van der Waals surface area contributed by atoms with Crippen molar-refractivity contribution >= 4 is 23.7 Å². The number of amides is 2. The van der Waals surface area contributed by atoms with Gasteiger partial charge in [0, 0.05) is 23.4 Å². The van der Waals surface area contributed by atoms with Crippen LogP contribution in [0.5, 0.6) is 5.88 Å². The van der Waals surface area contributed by atoms with E-state index in [0.717, 1.165) is 0 Å². The van der Waals surface area contributed by atoms with Crippen LogP contribution in [-0.4, -0.2) is 54.7 Å². The first-order chi connectivity index (χ1) is 15.6. The molecule has 2 aliphatic heterocycles. The lowest BCUT2D eigenvalue weighted by molar-refractivity contribution is 0.101. The van der Waals surface area contributed by atoms with Gasteiger partial charge < -0.3 is 18.7 Å². The highest BCUT2D eigenvalue weighted by Crippen LogP contribution is 2.30. The topological polar surface area (TPSA) is 107 Å². The summed E-state index contributed by atoms with van der Waals surface area (Å²) in [7, 11) is 0. The third kappa shape index (κ3) is 3.80. The predicted octanol–water partition coefficient (Wildman–Crippen LogP) is 3.24. The molecule has 2 saturated heterocycles. The molecule has 32 heavy (non-hydrogen) atoms. The molecule has 0 N–H and O–H groups in total. The second-order valence-corrected chi connectivity index (χ2v) is 7.10. The summed E-state index contributed by atoms with van der Waals surface area (Å²) in [6, 6.07) is 9.31. The lowest BCUT2D eigenvalue weighted by atomic mass is 10.1. The molecular formula is C21H17FN4O6. The molecule has 0 bridgehead atoms. The Labute approximate surface area is 181 Å². The summed E-state index contributed by atoms with van der Waals surface area (Å²) in [5, 5.41) is 3.62. The number of pyridine rings is 1. The Bertz CT molecular complexity index is 1140. The van der Waals surface area contributed by atoms with Gasteiger partial charge in [-0.3, -0.25) is 9.80 Å². The molecule has 0 saturated carbocycles. The minimum absolute atomic E-state index is 0.0952. The second kappa shape index (κ2) is 8.17. The molecule has 2 aliphatic rings. The van der Waals surface area contributed by atoms with Crippen LogP contribution in [0.1, 0.15) is 0 Å². The Morgan fingerprint density at radius 1 is 1.12 bits per heavy atom. The first kappa shape index (κ1) is 19.8. The van der Waals surface area contributed by atoms with E-state index in [0.29, 0.717) is 35.8 Å². The smallest absolute Gasteiger partial charge is 0.415 e. The van der Waals surface area contributed by atoms with E-state index in [9.17, 15) is 14.0 Å². The normalized spacial score (nSPS) is 18.1. The molecular weight excluding hydrogens is 423 g/mol. The molecule has 0 aliphatic carbocycles. The van der Waals surface area contributed by atoms with Crippen molar-refractivity contribution in [1.29, 1.82) is 0 Å². The molecule has 1 atom stereocenters. The second-order valence-electron chi connectivity index (χ2n) is 7.10. The number of aromatic nitrogens is 2. The first-order valence-electron chi connectivity index (χ1n) is 9.80. The Morgan fingerprint density at radius 2 is 2.03 bits per heavy atom. The molecule has 1 aromatic carbocycles. The average Bonchev–Trinajstić information content (AvgIpc) is 3.54. The summed E-state index contributed by atoms with van der Waals surface area (Å²) in [5.74, 6) is 0.204. The summed E-state index contributed by atoms with van der Waals surface area (Å²) in [6.07, 6.45) is 1.28. The lowest BCUT2D eigenvalue weighted by Crippen LogP contribution is -2.26. The van der Waals surface area contributed by atoms with Crippen LogP contribution in [0.3, 0.4) is 0 Å². The number of hydrogen-bond acceptors (Lipinski definition) is 8. The summed E-state index contributed by atoms with van der Waals surface area (Å²) < 4.78 is 35.1. The largest absolute Gasteiger partial charge is 0.471 e. The van der Waals surface area contributed by atoms with Gasteiger partial charge in [0.05, 0.1) is 18.8 Å². The maximum atomic E-state index is 14.9. The fraction of sp³-hybridized carbons (Fsp3) is 0.238. The van der Waals surface area contributed by atoms with Crippen molar-refractivity contribution in [3.63, 3.8) is 0 Å². The van der Waals surface area contributed by atoms with Crippen molar-refractivity contribution in [2.24, 2.45) is 0 Å². The Balaban J connectivity index is 1.28. The van der Waals surface area contributed by atoms with Crippen LogP contribution in [0.2, 0.25) is 0 Å². The van der Waals surface area contributed by atoms with Gasteiger partial charge in [0.2, 0.25) is 0 Å². The van der Waals surface area contributed by atoms with E-state index >= 15 is 0 Å². The number of ether oxygens (including phenoxy) is 3. The van der Waals surface area contributed by atoms with Crippen molar-refractivity contribution in [1.82, 2.24) is 10.1 Å². The van der Waals surface area contributed by atoms with Gasteiger partial charge in [0.1, 0.15) is 31.1 Å². The highest BCUT2D eigenvalue weighted by atomic mass is 19.1. The van der Waals surface area contributed by atoms with Crippen molar-refractivity contribution in [2.45, 2.75) is 6.10 Å². The third-order valence-electron chi connectivity index (χ3n) is 5.07.